The van der Waals surface area contributed by atoms with Crippen molar-refractivity contribution < 1.29 is 14.5 Å². The molecule has 0 fully saturated rings. The molecule has 0 bridgehead atoms. The third kappa shape index (κ3) is 4.63. The highest BCUT2D eigenvalue weighted by Crippen LogP contribution is 2.17. The quantitative estimate of drug-likeness (QED) is 0.607. The van der Waals surface area contributed by atoms with Crippen LogP contribution in [0.15, 0.2) is 39.4 Å². The number of hydrogen-bond acceptors (Lipinski definition) is 7. The van der Waals surface area contributed by atoms with Crippen LogP contribution in [0.4, 0.5) is 0 Å². The lowest BCUT2D eigenvalue weighted by molar-refractivity contribution is -0.114. The van der Waals surface area contributed by atoms with E-state index in [1.807, 2.05) is 31.4 Å². The summed E-state index contributed by atoms with van der Waals surface area (Å²) in [5, 5.41) is 12.4. The first-order chi connectivity index (χ1) is 12.1. The largest absolute Gasteiger partial charge is 0.398 e. The molecule has 1 aromatic heterocycles. The van der Waals surface area contributed by atoms with Crippen molar-refractivity contribution in [3.8, 4) is 0 Å². The number of oxime groups is 2. The number of rotatable bonds is 7. The fraction of sp³-hybridized carbons (Fsp3) is 0.294. The van der Waals surface area contributed by atoms with Crippen LogP contribution in [0.1, 0.15) is 29.3 Å². The number of nitrogens with one attached hydrogen (secondary N) is 1. The van der Waals surface area contributed by atoms with Gasteiger partial charge in [-0.15, -0.1) is 11.3 Å². The Balaban J connectivity index is 2.27. The smallest absolute Gasteiger partial charge is 0.273 e. The van der Waals surface area contributed by atoms with E-state index in [1.165, 1.54) is 18.4 Å². The molecule has 0 saturated carbocycles. The van der Waals surface area contributed by atoms with Gasteiger partial charge in [0.2, 0.25) is 0 Å². The molecule has 25 heavy (non-hydrogen) atoms. The molecule has 0 spiro atoms. The summed E-state index contributed by atoms with van der Waals surface area (Å²) in [6, 6.07) is 5.59. The van der Waals surface area contributed by atoms with E-state index < -0.39 is 0 Å². The maximum absolute atomic E-state index is 12.1. The summed E-state index contributed by atoms with van der Waals surface area (Å²) in [5.41, 5.74) is 5.82. The van der Waals surface area contributed by atoms with Gasteiger partial charge in [-0.1, -0.05) is 28.5 Å². The minimum Gasteiger partial charge on any atom is -0.398 e. The third-order valence-corrected chi connectivity index (χ3v) is 4.09. The van der Waals surface area contributed by atoms with Crippen LogP contribution in [0.2, 0.25) is 0 Å². The predicted molar refractivity (Wildman–Crippen MR) is 97.9 cm³/mol. The Kier molecular flexibility index (Phi) is 6.64. The second-order valence-corrected chi connectivity index (χ2v) is 5.85. The first-order valence-electron chi connectivity index (χ1n) is 7.55. The summed E-state index contributed by atoms with van der Waals surface area (Å²) in [7, 11) is 2.94. The van der Waals surface area contributed by atoms with Gasteiger partial charge in [0, 0.05) is 23.6 Å². The van der Waals surface area contributed by atoms with Crippen LogP contribution in [0, 0.1) is 6.92 Å². The standard InChI is InChI=1S/C17H20N4O3S/c1-11-6-5-7-13(16(21-23-4)17(22)18-3)14(11)8-24-20-12(2)15-9-25-10-19-15/h5-7,9-10H,8H2,1-4H3,(H,18,22)/b20-12+,21-16+. The maximum Gasteiger partial charge on any atom is 0.273 e. The number of carbonyl (C=O) groups is 1. The Morgan fingerprint density at radius 2 is 2.16 bits per heavy atom. The molecule has 0 radical (unpaired) electrons. The molecule has 7 nitrogen and oxygen atoms in total. The van der Waals surface area contributed by atoms with Crippen molar-refractivity contribution in [2.45, 2.75) is 20.5 Å². The number of nitrogens with zero attached hydrogens (tertiary/aromatic N) is 3. The highest BCUT2D eigenvalue weighted by atomic mass is 32.1. The molecular weight excluding hydrogens is 340 g/mol. The summed E-state index contributed by atoms with van der Waals surface area (Å²) in [4.78, 5) is 26.6. The lowest BCUT2D eigenvalue weighted by Gasteiger charge is -2.12. The third-order valence-electron chi connectivity index (χ3n) is 3.50. The number of aryl methyl sites for hydroxylation is 1. The Hall–Kier alpha value is -2.74. The number of benzene rings is 1. The van der Waals surface area contributed by atoms with Gasteiger partial charge in [0.05, 0.1) is 11.2 Å². The van der Waals surface area contributed by atoms with Gasteiger partial charge >= 0.3 is 0 Å². The number of amides is 1. The fourth-order valence-corrected chi connectivity index (χ4v) is 2.77. The van der Waals surface area contributed by atoms with Gasteiger partial charge in [0.1, 0.15) is 19.4 Å². The van der Waals surface area contributed by atoms with Crippen LogP contribution in [-0.2, 0) is 21.1 Å². The van der Waals surface area contributed by atoms with Crippen molar-refractivity contribution in [1.29, 1.82) is 0 Å². The van der Waals surface area contributed by atoms with Crippen LogP contribution in [0.5, 0.6) is 0 Å². The molecule has 1 heterocycles. The monoisotopic (exact) mass is 360 g/mol. The molecule has 0 aliphatic carbocycles. The molecule has 2 aromatic rings. The predicted octanol–water partition coefficient (Wildman–Crippen LogP) is 2.49. The number of carbonyl (C=O) groups excluding carboxylic acids is 1. The van der Waals surface area contributed by atoms with Crippen LogP contribution >= 0.6 is 11.3 Å². The lowest BCUT2D eigenvalue weighted by atomic mass is 9.98. The average molecular weight is 360 g/mol. The molecule has 0 saturated heterocycles. The van der Waals surface area contributed by atoms with Crippen molar-refractivity contribution in [1.82, 2.24) is 10.3 Å². The van der Waals surface area contributed by atoms with Gasteiger partial charge in [0.25, 0.3) is 5.91 Å². The molecule has 1 N–H and O–H groups in total. The van der Waals surface area contributed by atoms with E-state index in [-0.39, 0.29) is 18.2 Å². The molecule has 2 rings (SSSR count). The minimum absolute atomic E-state index is 0.188. The van der Waals surface area contributed by atoms with E-state index in [1.54, 1.807) is 18.6 Å². The Bertz CT molecular complexity index is 785. The van der Waals surface area contributed by atoms with E-state index in [2.05, 4.69) is 20.6 Å². The molecule has 0 aliphatic heterocycles. The zero-order valence-electron chi connectivity index (χ0n) is 14.6. The van der Waals surface area contributed by atoms with E-state index in [0.717, 1.165) is 16.8 Å². The van der Waals surface area contributed by atoms with E-state index >= 15 is 0 Å². The summed E-state index contributed by atoms with van der Waals surface area (Å²) in [6.07, 6.45) is 0. The maximum atomic E-state index is 12.1. The van der Waals surface area contributed by atoms with Crippen molar-refractivity contribution in [3.63, 3.8) is 0 Å². The topological polar surface area (TPSA) is 85.2 Å². The molecule has 132 valence electrons. The van der Waals surface area contributed by atoms with Crippen LogP contribution in [0.3, 0.4) is 0 Å². The summed E-state index contributed by atoms with van der Waals surface area (Å²) in [5.74, 6) is -0.337. The van der Waals surface area contributed by atoms with Gasteiger partial charge in [-0.2, -0.15) is 0 Å². The van der Waals surface area contributed by atoms with Gasteiger partial charge in [0.15, 0.2) is 5.71 Å². The SMILES string of the molecule is CNC(=O)/C(=N/OC)c1cccc(C)c1CO/N=C(\C)c1cscn1. The van der Waals surface area contributed by atoms with Gasteiger partial charge in [-0.05, 0) is 19.4 Å². The van der Waals surface area contributed by atoms with Gasteiger partial charge in [-0.25, -0.2) is 4.98 Å². The van der Waals surface area contributed by atoms with Crippen LogP contribution < -0.4 is 5.32 Å². The van der Waals surface area contributed by atoms with Crippen molar-refractivity contribution >= 4 is 28.7 Å². The van der Waals surface area contributed by atoms with Crippen molar-refractivity contribution in [2.75, 3.05) is 14.2 Å². The zero-order valence-corrected chi connectivity index (χ0v) is 15.4. The second-order valence-electron chi connectivity index (χ2n) is 5.13. The minimum atomic E-state index is -0.337. The number of hydrogen-bond donors (Lipinski definition) is 1. The summed E-state index contributed by atoms with van der Waals surface area (Å²) in [6.45, 7) is 3.97. The average Bonchev–Trinajstić information content (AvgIpc) is 3.15. The first-order valence-corrected chi connectivity index (χ1v) is 8.50. The molecule has 0 atom stereocenters. The Labute approximate surface area is 150 Å². The van der Waals surface area contributed by atoms with E-state index in [9.17, 15) is 4.79 Å². The lowest BCUT2D eigenvalue weighted by Crippen LogP contribution is -2.29. The molecule has 0 unspecified atom stereocenters. The normalized spacial score (nSPS) is 12.0. The molecule has 0 aliphatic rings. The van der Waals surface area contributed by atoms with Crippen LogP contribution in [0.25, 0.3) is 0 Å². The number of thiazole rings is 1. The van der Waals surface area contributed by atoms with Crippen LogP contribution in [-0.4, -0.2) is 36.5 Å². The van der Waals surface area contributed by atoms with Crippen molar-refractivity contribution in [2.24, 2.45) is 10.3 Å². The van der Waals surface area contributed by atoms with E-state index in [0.29, 0.717) is 11.3 Å². The second kappa shape index (κ2) is 8.93. The Morgan fingerprint density at radius 1 is 1.36 bits per heavy atom. The molecule has 8 heteroatoms. The highest BCUT2D eigenvalue weighted by Gasteiger charge is 2.19. The molecular formula is C17H20N4O3S. The zero-order chi connectivity index (χ0) is 18.2. The molecule has 1 amide bonds. The summed E-state index contributed by atoms with van der Waals surface area (Å²) >= 11 is 1.50. The van der Waals surface area contributed by atoms with Crippen molar-refractivity contribution in [3.05, 3.63) is 51.5 Å². The Morgan fingerprint density at radius 3 is 2.80 bits per heavy atom. The molecule has 1 aromatic carbocycles. The number of aromatic nitrogens is 1. The summed E-state index contributed by atoms with van der Waals surface area (Å²) < 4.78 is 0. The van der Waals surface area contributed by atoms with E-state index in [4.69, 9.17) is 9.68 Å². The first kappa shape index (κ1) is 18.6. The number of likely N-dealkylation sites (N-methyl/N-ethyl adjacent to an activating group) is 1. The van der Waals surface area contributed by atoms with Gasteiger partial charge in [-0.3, -0.25) is 4.79 Å². The van der Waals surface area contributed by atoms with Gasteiger partial charge < -0.3 is 15.0 Å². The fourth-order valence-electron chi connectivity index (χ4n) is 2.17. The highest BCUT2D eigenvalue weighted by molar-refractivity contribution is 7.07.